The molecule has 4 heteroatoms. The highest BCUT2D eigenvalue weighted by atomic mass is 16.6. The van der Waals surface area contributed by atoms with Gasteiger partial charge in [0.15, 0.2) is 0 Å². The molecule has 2 aromatic carbocycles. The molecule has 1 saturated heterocycles. The molecule has 1 unspecified atom stereocenters. The van der Waals surface area contributed by atoms with Gasteiger partial charge in [0, 0.05) is 24.5 Å². The van der Waals surface area contributed by atoms with Gasteiger partial charge in [-0.3, -0.25) is 0 Å². The maximum Gasteiger partial charge on any atom is 0.410 e. The molecule has 2 aliphatic rings. The predicted octanol–water partition coefficient (Wildman–Crippen LogP) is 5.32. The largest absolute Gasteiger partial charge is 0.444 e. The van der Waals surface area contributed by atoms with Crippen molar-refractivity contribution >= 4 is 17.5 Å². The summed E-state index contributed by atoms with van der Waals surface area (Å²) in [4.78, 5) is 17.1. The predicted molar refractivity (Wildman–Crippen MR) is 113 cm³/mol. The molecule has 4 nitrogen and oxygen atoms in total. The van der Waals surface area contributed by atoms with E-state index in [1.54, 1.807) is 0 Å². The van der Waals surface area contributed by atoms with Crippen LogP contribution in [0.3, 0.4) is 0 Å². The molecule has 0 bridgehead atoms. The maximum atomic E-state index is 12.7. The number of nitrogens with zero attached hydrogens (tertiary/aromatic N) is 2. The fraction of sp³-hybridized carbons (Fsp3) is 0.458. The Labute approximate surface area is 168 Å². The van der Waals surface area contributed by atoms with Gasteiger partial charge >= 0.3 is 6.09 Å². The molecule has 1 fully saturated rings. The molecule has 0 aromatic heterocycles. The number of carbonyl (C=O) groups excluding carboxylic acids is 1. The van der Waals surface area contributed by atoms with E-state index < -0.39 is 5.60 Å². The molecule has 4 rings (SSSR count). The lowest BCUT2D eigenvalue weighted by atomic mass is 10.0. The number of aryl methyl sites for hydroxylation is 2. The fourth-order valence-electron chi connectivity index (χ4n) is 4.36. The van der Waals surface area contributed by atoms with Gasteiger partial charge in [-0.05, 0) is 69.7 Å². The van der Waals surface area contributed by atoms with E-state index in [1.807, 2.05) is 25.7 Å². The minimum absolute atomic E-state index is 0.200. The molecule has 0 N–H and O–H groups in total. The molecule has 2 aromatic rings. The van der Waals surface area contributed by atoms with Gasteiger partial charge in [-0.25, -0.2) is 4.79 Å². The van der Waals surface area contributed by atoms with E-state index in [0.717, 1.165) is 32.2 Å². The number of para-hydroxylation sites is 2. The second kappa shape index (κ2) is 7.50. The number of hydrogen-bond donors (Lipinski definition) is 0. The summed E-state index contributed by atoms with van der Waals surface area (Å²) < 4.78 is 5.64. The number of benzene rings is 2. The van der Waals surface area contributed by atoms with Crippen molar-refractivity contribution in [3.8, 4) is 0 Å². The van der Waals surface area contributed by atoms with E-state index in [-0.39, 0.29) is 12.1 Å². The zero-order chi connectivity index (χ0) is 19.7. The highest BCUT2D eigenvalue weighted by Gasteiger charge is 2.33. The summed E-state index contributed by atoms with van der Waals surface area (Å²) in [5.41, 5.74) is 4.86. The lowest BCUT2D eigenvalue weighted by Gasteiger charge is -2.41. The van der Waals surface area contributed by atoms with E-state index in [1.165, 1.54) is 22.5 Å². The van der Waals surface area contributed by atoms with Crippen molar-refractivity contribution in [2.24, 2.45) is 0 Å². The van der Waals surface area contributed by atoms with Crippen LogP contribution in [0.1, 0.15) is 44.7 Å². The van der Waals surface area contributed by atoms with Crippen molar-refractivity contribution in [1.29, 1.82) is 0 Å². The summed E-state index contributed by atoms with van der Waals surface area (Å²) in [5.74, 6) is 0. The number of piperidine rings is 1. The third-order valence-electron chi connectivity index (χ3n) is 5.58. The number of likely N-dealkylation sites (tertiary alicyclic amines) is 1. The summed E-state index contributed by atoms with van der Waals surface area (Å²) in [6.07, 6.45) is 3.96. The van der Waals surface area contributed by atoms with Crippen molar-refractivity contribution in [2.75, 3.05) is 18.0 Å². The van der Waals surface area contributed by atoms with Gasteiger partial charge in [-0.1, -0.05) is 36.4 Å². The zero-order valence-corrected chi connectivity index (χ0v) is 17.1. The molecule has 28 heavy (non-hydrogen) atoms. The summed E-state index contributed by atoms with van der Waals surface area (Å²) in [6.45, 7) is 7.23. The van der Waals surface area contributed by atoms with Crippen molar-refractivity contribution in [2.45, 2.75) is 58.1 Å². The number of amides is 1. The van der Waals surface area contributed by atoms with Crippen LogP contribution in [0.25, 0.3) is 0 Å². The number of anilines is 2. The second-order valence-electron chi connectivity index (χ2n) is 8.85. The minimum Gasteiger partial charge on any atom is -0.444 e. The Kier molecular flexibility index (Phi) is 5.05. The lowest BCUT2D eigenvalue weighted by molar-refractivity contribution is 0.0200. The Balaban J connectivity index is 1.67. The molecule has 1 atom stereocenters. The highest BCUT2D eigenvalue weighted by Crippen LogP contribution is 2.39. The summed E-state index contributed by atoms with van der Waals surface area (Å²) in [5, 5.41) is 0. The van der Waals surface area contributed by atoms with Gasteiger partial charge in [0.05, 0.1) is 6.04 Å². The third-order valence-corrected chi connectivity index (χ3v) is 5.58. The van der Waals surface area contributed by atoms with Crippen LogP contribution in [0.2, 0.25) is 0 Å². The van der Waals surface area contributed by atoms with Gasteiger partial charge in [-0.15, -0.1) is 0 Å². The monoisotopic (exact) mass is 378 g/mol. The summed E-state index contributed by atoms with van der Waals surface area (Å²) >= 11 is 0. The number of carbonyl (C=O) groups is 1. The Morgan fingerprint density at radius 3 is 2.11 bits per heavy atom. The number of hydrogen-bond acceptors (Lipinski definition) is 3. The first-order chi connectivity index (χ1) is 13.4. The van der Waals surface area contributed by atoms with Gasteiger partial charge in [-0.2, -0.15) is 0 Å². The molecule has 1 amide bonds. The van der Waals surface area contributed by atoms with Crippen molar-refractivity contribution in [3.63, 3.8) is 0 Å². The smallest absolute Gasteiger partial charge is 0.410 e. The number of fused-ring (bicyclic) bond motifs is 2. The van der Waals surface area contributed by atoms with E-state index in [2.05, 4.69) is 53.4 Å². The number of ether oxygens (including phenoxy) is 1. The second-order valence-corrected chi connectivity index (χ2v) is 8.85. The average molecular weight is 379 g/mol. The van der Waals surface area contributed by atoms with Crippen LogP contribution in [0, 0.1) is 0 Å². The standard InChI is InChI=1S/C24H30N2O2/c1-24(2,3)28-23(27)25-16-8-11-20(17-25)26-21-12-6-4-9-18(21)14-15-19-10-5-7-13-22(19)26/h4-7,9-10,12-13,20H,8,11,14-17H2,1-3H3. The average Bonchev–Trinajstić information content (AvgIpc) is 2.84. The molecule has 2 aliphatic heterocycles. The molecular weight excluding hydrogens is 348 g/mol. The Hall–Kier alpha value is -2.49. The SMILES string of the molecule is CC(C)(C)OC(=O)N1CCCC(N2c3ccccc3CCc3ccccc32)C1. The molecular formula is C24H30N2O2. The minimum atomic E-state index is -0.466. The van der Waals surface area contributed by atoms with Gasteiger partial charge in [0.25, 0.3) is 0 Å². The van der Waals surface area contributed by atoms with Gasteiger partial charge in [0.2, 0.25) is 0 Å². The van der Waals surface area contributed by atoms with Crippen molar-refractivity contribution in [1.82, 2.24) is 4.90 Å². The Bertz CT molecular complexity index is 808. The Morgan fingerprint density at radius 1 is 0.964 bits per heavy atom. The van der Waals surface area contributed by atoms with E-state index >= 15 is 0 Å². The van der Waals surface area contributed by atoms with Crippen molar-refractivity contribution in [3.05, 3.63) is 59.7 Å². The van der Waals surface area contributed by atoms with E-state index in [4.69, 9.17) is 4.74 Å². The van der Waals surface area contributed by atoms with E-state index in [9.17, 15) is 4.79 Å². The molecule has 0 aliphatic carbocycles. The van der Waals surface area contributed by atoms with Crippen LogP contribution >= 0.6 is 0 Å². The Morgan fingerprint density at radius 2 is 1.54 bits per heavy atom. The maximum absolute atomic E-state index is 12.7. The first-order valence-electron chi connectivity index (χ1n) is 10.4. The van der Waals surface area contributed by atoms with Gasteiger partial charge in [0.1, 0.15) is 5.60 Å². The zero-order valence-electron chi connectivity index (χ0n) is 17.1. The van der Waals surface area contributed by atoms with Crippen molar-refractivity contribution < 1.29 is 9.53 Å². The van der Waals surface area contributed by atoms with E-state index in [0.29, 0.717) is 6.54 Å². The normalized spacial score (nSPS) is 19.5. The van der Waals surface area contributed by atoms with Crippen LogP contribution in [0.15, 0.2) is 48.5 Å². The molecule has 0 radical (unpaired) electrons. The molecule has 0 saturated carbocycles. The summed E-state index contributed by atoms with van der Waals surface area (Å²) in [7, 11) is 0. The first-order valence-corrected chi connectivity index (χ1v) is 10.4. The first kappa shape index (κ1) is 18.9. The van der Waals surface area contributed by atoms with Gasteiger partial charge < -0.3 is 14.5 Å². The number of rotatable bonds is 1. The quantitative estimate of drug-likeness (QED) is 0.673. The fourth-order valence-corrected chi connectivity index (χ4v) is 4.36. The third kappa shape index (κ3) is 3.87. The van der Waals surface area contributed by atoms with Crippen LogP contribution in [0.4, 0.5) is 16.2 Å². The molecule has 2 heterocycles. The topological polar surface area (TPSA) is 32.8 Å². The molecule has 148 valence electrons. The lowest BCUT2D eigenvalue weighted by Crippen LogP contribution is -2.50. The van der Waals surface area contributed by atoms with Crippen LogP contribution in [0.5, 0.6) is 0 Å². The molecule has 0 spiro atoms. The highest BCUT2D eigenvalue weighted by molar-refractivity contribution is 5.73. The van der Waals surface area contributed by atoms with Crippen LogP contribution in [-0.2, 0) is 17.6 Å². The van der Waals surface area contributed by atoms with Crippen LogP contribution in [-0.4, -0.2) is 35.7 Å². The van der Waals surface area contributed by atoms with Crippen LogP contribution < -0.4 is 4.90 Å². The summed E-state index contributed by atoms with van der Waals surface area (Å²) in [6, 6.07) is 17.7.